The van der Waals surface area contributed by atoms with Gasteiger partial charge in [-0.1, -0.05) is 144 Å². The van der Waals surface area contributed by atoms with Gasteiger partial charge in [-0.25, -0.2) is 43.9 Å². The van der Waals surface area contributed by atoms with E-state index >= 15 is 0 Å². The van der Waals surface area contributed by atoms with Gasteiger partial charge < -0.3 is 62.8 Å². The third-order valence-corrected chi connectivity index (χ3v) is 30.1. The molecular weight excluding hydrogens is 1850 g/mol. The number of nitrogens with zero attached hydrogens (tertiary/aromatic N) is 13. The van der Waals surface area contributed by atoms with Gasteiger partial charge in [0.25, 0.3) is 0 Å². The van der Waals surface area contributed by atoms with Gasteiger partial charge in [0.05, 0.1) is 34.8 Å². The van der Waals surface area contributed by atoms with E-state index in [1.54, 1.807) is 43.0 Å². The summed E-state index contributed by atoms with van der Waals surface area (Å²) in [6.45, 7) is 15.6. The highest BCUT2D eigenvalue weighted by Crippen LogP contribution is 2.46. The Kier molecular flexibility index (Phi) is 37.0. The number of furan rings is 1. The normalized spacial score (nSPS) is 21.6. The predicted molar refractivity (Wildman–Crippen MR) is 519 cm³/mol. The maximum absolute atomic E-state index is 12.9. The summed E-state index contributed by atoms with van der Waals surface area (Å²) in [5.41, 5.74) is 7.41. The number of piperidine rings is 6. The first-order chi connectivity index (χ1) is 67.4. The lowest BCUT2D eigenvalue weighted by atomic mass is 9.79. The summed E-state index contributed by atoms with van der Waals surface area (Å²) in [6, 6.07) is 29.6. The number of pyridine rings is 1. The first-order valence-electron chi connectivity index (χ1n) is 51.5. The first-order valence-corrected chi connectivity index (χ1v) is 51.5. The number of carbonyl (C=O) groups is 6. The van der Waals surface area contributed by atoms with E-state index in [0.29, 0.717) is 147 Å². The van der Waals surface area contributed by atoms with Crippen LogP contribution in [-0.4, -0.2) is 246 Å². The average molecular weight is 2000 g/mol. The molecule has 142 heavy (non-hydrogen) atoms. The smallest absolute Gasteiger partial charge is 0.245 e. The Morgan fingerprint density at radius 1 is 0.345 bits per heavy atom. The SMILES string of the molecule is CC(C)CCC(=O)N1CCC2(CC1)CC(c1ccccc1)=NO2.CC(F)(F)CCC(=O)N1CCC2(CC1)CC(C1CCCC1)=NO2.CC(F)(F)CCC(=O)N1CCC2(CC1)CC(C1CCCCC1)=NO2.CC(F)(F)CCC(=O)N1CCC2(CC1)CC(Cc1ccccc1)=NO2.CC(F)(F)CCC(=O)N1CCC2(CC1)CC(c1ccccn1)=NO2.CC(F)(F)CCC(=O)N1CCC2(CC1)CC(c1ccco1)=NO2. The third-order valence-electron chi connectivity index (χ3n) is 30.1. The number of aromatic nitrogens is 1. The predicted octanol–water partition coefficient (Wildman–Crippen LogP) is 21.5. The Morgan fingerprint density at radius 3 is 1.01 bits per heavy atom. The maximum atomic E-state index is 12.9. The molecule has 26 nitrogen and oxygen atoms in total. The van der Waals surface area contributed by atoms with Crippen LogP contribution in [0.5, 0.6) is 0 Å². The van der Waals surface area contributed by atoms with Crippen LogP contribution < -0.4 is 0 Å². The molecule has 6 amide bonds. The second-order valence-corrected chi connectivity index (χ2v) is 42.7. The molecule has 6 spiro atoms. The minimum atomic E-state index is -2.80. The Labute approximate surface area is 828 Å². The van der Waals surface area contributed by atoms with E-state index in [0.717, 1.165) is 159 Å². The molecule has 4 aromatic rings. The number of carbonyl (C=O) groups excluding carboxylic acids is 6. The van der Waals surface area contributed by atoms with Crippen molar-refractivity contribution in [2.45, 2.75) is 369 Å². The molecule has 18 rings (SSSR count). The highest BCUT2D eigenvalue weighted by molar-refractivity contribution is 6.02. The standard InChI is InChI=1S/C19H24F2N2O2.C19H26N2O2.C18H28F2N2O2.C17H21F2N3O2.C17H26F2N2O2.C16H20F2N2O3/c1-18(20,21)8-7-17(24)23-11-9-19(10-12-23)14-16(22-25-19)13-15-5-3-2-4-6-15;1-15(2)8-9-18(22)21-12-10-19(11-13-21)14-17(20-23-19)16-6-4-3-5-7-16;1-17(19,20)8-7-16(23)22-11-9-18(10-12-22)13-15(21-24-18)14-5-3-2-4-6-14;1-16(18,19)6-5-15(23)22-10-7-17(8-11-22)12-14(21-24-17)13-4-2-3-9-20-13;1-16(18,19)7-6-15(22)21-10-8-17(9-11-21)12-14(20-23-17)13-4-2-3-5-13;1-15(17,18)5-4-14(21)20-8-6-16(7-9-20)11-12(19-23-16)13-3-2-10-22-13/h2-6H,7-14H2,1H3;3-7,15H,8-14H2,1-2H3;14H,2-13H2,1H3;2-4,9H,5-8,10-12H2,1H3;13H,2-12H2,1H3;2-3,10H,4-9,11H2,1H3. The zero-order valence-corrected chi connectivity index (χ0v) is 83.7. The molecule has 2 aromatic carbocycles. The van der Waals surface area contributed by atoms with Gasteiger partial charge in [-0.15, -0.1) is 0 Å². The number of halogens is 10. The van der Waals surface area contributed by atoms with Gasteiger partial charge in [0, 0.05) is 289 Å². The molecule has 14 heterocycles. The van der Waals surface area contributed by atoms with Crippen LogP contribution in [0.25, 0.3) is 0 Å². The van der Waals surface area contributed by atoms with E-state index in [2.05, 4.69) is 74.0 Å². The lowest BCUT2D eigenvalue weighted by molar-refractivity contribution is -0.139. The fourth-order valence-electron chi connectivity index (χ4n) is 20.9. The van der Waals surface area contributed by atoms with Crippen LogP contribution in [0.2, 0.25) is 0 Å². The summed E-state index contributed by atoms with van der Waals surface area (Å²) in [7, 11) is 0. The summed E-state index contributed by atoms with van der Waals surface area (Å²) >= 11 is 0. The summed E-state index contributed by atoms with van der Waals surface area (Å²) in [4.78, 5) is 122. The van der Waals surface area contributed by atoms with Gasteiger partial charge >= 0.3 is 0 Å². The zero-order valence-electron chi connectivity index (χ0n) is 83.7. The fraction of sp³-hybridized carbons (Fsp3) is 0.689. The van der Waals surface area contributed by atoms with Gasteiger partial charge in [-0.2, -0.15) is 0 Å². The van der Waals surface area contributed by atoms with E-state index < -0.39 is 60.1 Å². The van der Waals surface area contributed by atoms with Crippen LogP contribution in [0, 0.1) is 17.8 Å². The molecule has 0 bridgehead atoms. The van der Waals surface area contributed by atoms with Gasteiger partial charge in [0.2, 0.25) is 65.1 Å². The monoisotopic (exact) mass is 2000 g/mol. The molecule has 782 valence electrons. The molecule has 36 heteroatoms. The summed E-state index contributed by atoms with van der Waals surface area (Å²) in [5.74, 6) is -12.2. The number of rotatable bonds is 25. The van der Waals surface area contributed by atoms with Gasteiger partial charge in [0.15, 0.2) is 5.76 Å². The van der Waals surface area contributed by atoms with Crippen molar-refractivity contribution in [3.63, 3.8) is 0 Å². The Morgan fingerprint density at radius 2 is 0.655 bits per heavy atom. The van der Waals surface area contributed by atoms with E-state index in [-0.39, 0.29) is 103 Å². The van der Waals surface area contributed by atoms with E-state index in [1.165, 1.54) is 74.8 Å². The largest absolute Gasteiger partial charge is 0.463 e. The van der Waals surface area contributed by atoms with Gasteiger partial charge in [0.1, 0.15) is 45.0 Å². The number of oxime groups is 6. The second-order valence-electron chi connectivity index (χ2n) is 42.7. The Hall–Kier alpha value is -10.2. The number of hydrogen-bond acceptors (Lipinski definition) is 20. The van der Waals surface area contributed by atoms with Crippen LogP contribution in [-0.2, 0) is 64.2 Å². The summed E-state index contributed by atoms with van der Waals surface area (Å²) < 4.78 is 134. The molecule has 0 atom stereocenters. The number of likely N-dealkylation sites (tertiary alicyclic amines) is 6. The molecule has 8 fully saturated rings. The third kappa shape index (κ3) is 32.7. The quantitative estimate of drug-likeness (QED) is 0.0558. The minimum Gasteiger partial charge on any atom is -0.463 e. The molecule has 12 aliphatic heterocycles. The molecule has 2 aromatic heterocycles. The zero-order chi connectivity index (χ0) is 102. The van der Waals surface area contributed by atoms with Crippen molar-refractivity contribution in [2.24, 2.45) is 48.7 Å². The lowest BCUT2D eigenvalue weighted by Crippen LogP contribution is -2.47. The van der Waals surface area contributed by atoms with Crippen molar-refractivity contribution in [2.75, 3.05) is 78.5 Å². The topological polar surface area (TPSA) is 277 Å². The number of benzene rings is 2. The summed E-state index contributed by atoms with van der Waals surface area (Å²) in [6.07, 6.45) is 28.0. The van der Waals surface area contributed by atoms with Gasteiger partial charge in [-0.3, -0.25) is 33.8 Å². The number of alkyl halides is 10. The average Bonchev–Trinajstić information content (AvgIpc) is 1.68. The van der Waals surface area contributed by atoms with E-state index in [4.69, 9.17) is 33.4 Å². The molecule has 2 saturated carbocycles. The van der Waals surface area contributed by atoms with E-state index in [1.807, 2.05) is 65.6 Å². The highest BCUT2D eigenvalue weighted by Gasteiger charge is 2.51. The Balaban J connectivity index is 0.000000143. The van der Waals surface area contributed by atoms with Crippen LogP contribution in [0.4, 0.5) is 43.9 Å². The van der Waals surface area contributed by atoms with Crippen molar-refractivity contribution in [1.82, 2.24) is 34.4 Å². The van der Waals surface area contributed by atoms with Crippen molar-refractivity contribution in [3.8, 4) is 0 Å². The summed E-state index contributed by atoms with van der Waals surface area (Å²) in [5, 5.41) is 25.6. The van der Waals surface area contributed by atoms with Crippen molar-refractivity contribution in [1.29, 1.82) is 0 Å². The van der Waals surface area contributed by atoms with Crippen molar-refractivity contribution in [3.05, 3.63) is 126 Å². The maximum Gasteiger partial charge on any atom is 0.245 e. The van der Waals surface area contributed by atoms with Crippen LogP contribution >= 0.6 is 0 Å². The van der Waals surface area contributed by atoms with Gasteiger partial charge in [-0.05, 0) is 108 Å². The molecule has 6 saturated heterocycles. The minimum absolute atomic E-state index is 0.0822. The van der Waals surface area contributed by atoms with Crippen LogP contribution in [0.1, 0.15) is 321 Å². The molecule has 14 aliphatic rings. The van der Waals surface area contributed by atoms with Crippen LogP contribution in [0.15, 0.2) is 139 Å². The second kappa shape index (κ2) is 48.2. The van der Waals surface area contributed by atoms with E-state index in [9.17, 15) is 72.7 Å². The van der Waals surface area contributed by atoms with Crippen molar-refractivity contribution >= 4 is 69.7 Å². The van der Waals surface area contributed by atoms with Crippen molar-refractivity contribution < 1.29 is 106 Å². The molecule has 2 aliphatic carbocycles. The Bertz CT molecular complexity index is 4960. The fourth-order valence-corrected chi connectivity index (χ4v) is 20.9. The highest BCUT2D eigenvalue weighted by atomic mass is 19.3. The van der Waals surface area contributed by atoms with Crippen LogP contribution in [0.3, 0.4) is 0 Å². The number of amides is 6. The molecule has 0 N–H and O–H groups in total. The lowest BCUT2D eigenvalue weighted by Gasteiger charge is -2.37. The molecule has 0 unspecified atom stereocenters. The number of hydrogen-bond donors (Lipinski definition) is 0. The first kappa shape index (κ1) is 109. The molecule has 0 radical (unpaired) electrons. The molecular formula is C106H145F10N13O13.